The van der Waals surface area contributed by atoms with Gasteiger partial charge in [0, 0.05) is 28.7 Å². The SMILES string of the molecule is CCOc1ccc([C@@H]2C(C(=O)OC(C)C)=C(C)N=c3s/c(=C/c4cn(C(C)C)c5ccccc45)c(=O)n32)cc1. The van der Waals surface area contributed by atoms with Gasteiger partial charge in [-0.25, -0.2) is 9.79 Å². The van der Waals surface area contributed by atoms with Crippen molar-refractivity contribution in [2.75, 3.05) is 6.61 Å². The second-order valence-corrected chi connectivity index (χ2v) is 11.1. The van der Waals surface area contributed by atoms with Crippen molar-refractivity contribution in [3.63, 3.8) is 0 Å². The quantitative estimate of drug-likeness (QED) is 0.303. The van der Waals surface area contributed by atoms with Gasteiger partial charge in [0.05, 0.1) is 34.6 Å². The molecule has 2 aromatic carbocycles. The normalized spacial score (nSPS) is 15.7. The van der Waals surface area contributed by atoms with Crippen LogP contribution in [-0.2, 0) is 9.53 Å². The number of rotatable bonds is 7. The first kappa shape index (κ1) is 26.7. The summed E-state index contributed by atoms with van der Waals surface area (Å²) in [5.41, 5.74) is 3.59. The van der Waals surface area contributed by atoms with E-state index in [0.29, 0.717) is 27.2 Å². The third-order valence-corrected chi connectivity index (χ3v) is 7.69. The van der Waals surface area contributed by atoms with Crippen molar-refractivity contribution in [1.29, 1.82) is 0 Å². The third kappa shape index (κ3) is 4.96. The molecule has 0 N–H and O–H groups in total. The Morgan fingerprint density at radius 1 is 1.10 bits per heavy atom. The van der Waals surface area contributed by atoms with Gasteiger partial charge in [0.2, 0.25) is 0 Å². The Hall–Kier alpha value is -3.91. The van der Waals surface area contributed by atoms with Gasteiger partial charge in [0.15, 0.2) is 4.80 Å². The maximum absolute atomic E-state index is 14.0. The van der Waals surface area contributed by atoms with Crippen LogP contribution in [-0.4, -0.2) is 27.8 Å². The molecule has 4 aromatic rings. The summed E-state index contributed by atoms with van der Waals surface area (Å²) < 4.78 is 15.6. The molecule has 0 aliphatic carbocycles. The van der Waals surface area contributed by atoms with E-state index in [4.69, 9.17) is 14.5 Å². The fraction of sp³-hybridized carbons (Fsp3) is 0.323. The van der Waals surface area contributed by atoms with Crippen molar-refractivity contribution in [3.8, 4) is 5.75 Å². The molecule has 8 heteroatoms. The van der Waals surface area contributed by atoms with Crippen LogP contribution in [0.5, 0.6) is 5.75 Å². The van der Waals surface area contributed by atoms with E-state index in [2.05, 4.69) is 36.7 Å². The summed E-state index contributed by atoms with van der Waals surface area (Å²) in [4.78, 5) is 32.6. The highest BCUT2D eigenvalue weighted by atomic mass is 32.1. The molecule has 7 nitrogen and oxygen atoms in total. The molecular weight excluding hydrogens is 510 g/mol. The van der Waals surface area contributed by atoms with Crippen LogP contribution in [0.1, 0.15) is 64.8 Å². The molecule has 0 fully saturated rings. The second kappa shape index (κ2) is 10.7. The number of allylic oxidation sites excluding steroid dienone is 1. The van der Waals surface area contributed by atoms with E-state index in [-0.39, 0.29) is 17.7 Å². The minimum absolute atomic E-state index is 0.193. The molecule has 0 saturated heterocycles. The predicted molar refractivity (Wildman–Crippen MR) is 155 cm³/mol. The molecule has 0 saturated carbocycles. The van der Waals surface area contributed by atoms with E-state index < -0.39 is 12.0 Å². The van der Waals surface area contributed by atoms with E-state index in [1.807, 2.05) is 63.2 Å². The second-order valence-electron chi connectivity index (χ2n) is 10.1. The van der Waals surface area contributed by atoms with Crippen molar-refractivity contribution in [2.24, 2.45) is 4.99 Å². The number of benzene rings is 2. The highest BCUT2D eigenvalue weighted by Gasteiger charge is 2.33. The maximum Gasteiger partial charge on any atom is 0.338 e. The van der Waals surface area contributed by atoms with E-state index >= 15 is 0 Å². The molecule has 5 rings (SSSR count). The number of esters is 1. The minimum atomic E-state index is -0.665. The van der Waals surface area contributed by atoms with E-state index in [1.165, 1.54) is 11.3 Å². The number of aromatic nitrogens is 2. The monoisotopic (exact) mass is 543 g/mol. The topological polar surface area (TPSA) is 74.8 Å². The van der Waals surface area contributed by atoms with Crippen molar-refractivity contribution >= 4 is 34.3 Å². The van der Waals surface area contributed by atoms with E-state index in [0.717, 1.165) is 27.8 Å². The summed E-state index contributed by atoms with van der Waals surface area (Å²) in [6.45, 7) is 12.2. The Kier molecular flexibility index (Phi) is 7.32. The van der Waals surface area contributed by atoms with Gasteiger partial charge in [-0.2, -0.15) is 0 Å². The van der Waals surface area contributed by atoms with Crippen LogP contribution in [0.25, 0.3) is 17.0 Å². The molecule has 202 valence electrons. The van der Waals surface area contributed by atoms with Crippen LogP contribution in [0, 0.1) is 0 Å². The molecule has 1 aliphatic rings. The number of carbonyl (C=O) groups excluding carboxylic acids is 1. The molecule has 39 heavy (non-hydrogen) atoms. The Balaban J connectivity index is 1.71. The van der Waals surface area contributed by atoms with Crippen molar-refractivity contribution in [2.45, 2.75) is 59.7 Å². The molecule has 1 aliphatic heterocycles. The zero-order chi connectivity index (χ0) is 27.8. The predicted octanol–water partition coefficient (Wildman–Crippen LogP) is 5.12. The summed E-state index contributed by atoms with van der Waals surface area (Å²) in [6.07, 6.45) is 3.72. The van der Waals surface area contributed by atoms with E-state index in [9.17, 15) is 9.59 Å². The standard InChI is InChI=1S/C31H33N3O4S/c1-7-37-23-14-12-21(13-15-23)28-27(30(36)38-19(4)5)20(6)32-31-34(28)29(35)26(39-31)16-22-17-33(18(2)3)25-11-9-8-10-24(22)25/h8-19,28H,7H2,1-6H3/b26-16+/t28-/m1/s1. The van der Waals surface area contributed by atoms with E-state index in [1.54, 1.807) is 11.5 Å². The maximum atomic E-state index is 14.0. The lowest BCUT2D eigenvalue weighted by molar-refractivity contribution is -0.143. The number of hydrogen-bond acceptors (Lipinski definition) is 6. The highest BCUT2D eigenvalue weighted by Crippen LogP contribution is 2.32. The van der Waals surface area contributed by atoms with Crippen LogP contribution in [0.15, 0.2) is 75.8 Å². The Labute approximate surface area is 231 Å². The molecule has 0 spiro atoms. The molecule has 0 radical (unpaired) electrons. The number of fused-ring (bicyclic) bond motifs is 2. The number of hydrogen-bond donors (Lipinski definition) is 0. The summed E-state index contributed by atoms with van der Waals surface area (Å²) in [6, 6.07) is 15.3. The fourth-order valence-corrected chi connectivity index (χ4v) is 6.04. The summed E-state index contributed by atoms with van der Waals surface area (Å²) >= 11 is 1.33. The Morgan fingerprint density at radius 2 is 1.82 bits per heavy atom. The molecule has 2 aromatic heterocycles. The lowest BCUT2D eigenvalue weighted by atomic mass is 9.96. The van der Waals surface area contributed by atoms with Gasteiger partial charge in [0.25, 0.3) is 5.56 Å². The van der Waals surface area contributed by atoms with Crippen molar-refractivity contribution in [1.82, 2.24) is 9.13 Å². The molecule has 0 unspecified atom stereocenters. The molecule has 3 heterocycles. The summed E-state index contributed by atoms with van der Waals surface area (Å²) in [5, 5.41) is 1.08. The highest BCUT2D eigenvalue weighted by molar-refractivity contribution is 7.07. The number of carbonyl (C=O) groups is 1. The first-order valence-corrected chi connectivity index (χ1v) is 14.1. The number of para-hydroxylation sites is 1. The fourth-order valence-electron chi connectivity index (χ4n) is 5.00. The number of nitrogens with zero attached hydrogens (tertiary/aromatic N) is 3. The van der Waals surface area contributed by atoms with Gasteiger partial charge >= 0.3 is 5.97 Å². The zero-order valence-corrected chi connectivity index (χ0v) is 23.9. The average molecular weight is 544 g/mol. The number of thiazole rings is 1. The lowest BCUT2D eigenvalue weighted by Crippen LogP contribution is -2.40. The zero-order valence-electron chi connectivity index (χ0n) is 23.1. The van der Waals surface area contributed by atoms with Gasteiger partial charge < -0.3 is 14.0 Å². The Morgan fingerprint density at radius 3 is 2.49 bits per heavy atom. The molecule has 0 amide bonds. The van der Waals surface area contributed by atoms with Gasteiger partial charge in [-0.05, 0) is 71.4 Å². The van der Waals surface area contributed by atoms with Gasteiger partial charge in [0.1, 0.15) is 5.75 Å². The smallest absolute Gasteiger partial charge is 0.338 e. The summed E-state index contributed by atoms with van der Waals surface area (Å²) in [7, 11) is 0. The van der Waals surface area contributed by atoms with Gasteiger partial charge in [-0.15, -0.1) is 0 Å². The molecular formula is C31H33N3O4S. The largest absolute Gasteiger partial charge is 0.494 e. The van der Waals surface area contributed by atoms with Crippen LogP contribution >= 0.6 is 11.3 Å². The minimum Gasteiger partial charge on any atom is -0.494 e. The Bertz CT molecular complexity index is 1750. The van der Waals surface area contributed by atoms with Crippen molar-refractivity contribution in [3.05, 3.63) is 96.8 Å². The number of ether oxygens (including phenoxy) is 2. The van der Waals surface area contributed by atoms with Gasteiger partial charge in [-0.3, -0.25) is 9.36 Å². The van der Waals surface area contributed by atoms with Crippen LogP contribution < -0.4 is 19.6 Å². The lowest BCUT2D eigenvalue weighted by Gasteiger charge is -2.25. The summed E-state index contributed by atoms with van der Waals surface area (Å²) in [5.74, 6) is 0.252. The first-order valence-electron chi connectivity index (χ1n) is 13.3. The first-order chi connectivity index (χ1) is 18.7. The average Bonchev–Trinajstić information content (AvgIpc) is 3.41. The van der Waals surface area contributed by atoms with Crippen molar-refractivity contribution < 1.29 is 14.3 Å². The van der Waals surface area contributed by atoms with Crippen LogP contribution in [0.4, 0.5) is 0 Å². The van der Waals surface area contributed by atoms with Gasteiger partial charge in [-0.1, -0.05) is 41.7 Å². The molecule has 0 bridgehead atoms. The van der Waals surface area contributed by atoms with Crippen LogP contribution in [0.2, 0.25) is 0 Å². The van der Waals surface area contributed by atoms with Crippen LogP contribution in [0.3, 0.4) is 0 Å². The third-order valence-electron chi connectivity index (χ3n) is 6.71. The molecule has 1 atom stereocenters.